The van der Waals surface area contributed by atoms with Gasteiger partial charge >= 0.3 is 0 Å². The Labute approximate surface area is 138 Å². The zero-order chi connectivity index (χ0) is 16.8. The van der Waals surface area contributed by atoms with Crippen LogP contribution in [0.15, 0.2) is 36.4 Å². The van der Waals surface area contributed by atoms with Crippen LogP contribution in [-0.2, 0) is 12.8 Å². The smallest absolute Gasteiger partial charge is 0.122 e. The number of ether oxygens (including phenoxy) is 3. The van der Waals surface area contributed by atoms with Gasteiger partial charge in [-0.05, 0) is 48.7 Å². The summed E-state index contributed by atoms with van der Waals surface area (Å²) in [6.07, 6.45) is 1.49. The van der Waals surface area contributed by atoms with Gasteiger partial charge in [-0.1, -0.05) is 12.1 Å². The van der Waals surface area contributed by atoms with E-state index in [2.05, 4.69) is 6.07 Å². The Morgan fingerprint density at radius 1 is 0.913 bits per heavy atom. The molecule has 1 atom stereocenters. The average molecular weight is 315 g/mol. The van der Waals surface area contributed by atoms with Crippen molar-refractivity contribution in [1.29, 1.82) is 0 Å². The van der Waals surface area contributed by atoms with Gasteiger partial charge in [-0.3, -0.25) is 0 Å². The first-order valence-electron chi connectivity index (χ1n) is 7.69. The Kier molecular flexibility index (Phi) is 5.88. The lowest BCUT2D eigenvalue weighted by molar-refractivity contribution is 0.394. The summed E-state index contributed by atoms with van der Waals surface area (Å²) in [6.45, 7) is 1.98. The Bertz CT molecular complexity index is 653. The van der Waals surface area contributed by atoms with Crippen molar-refractivity contribution in [2.24, 2.45) is 5.73 Å². The minimum absolute atomic E-state index is 0.0674. The van der Waals surface area contributed by atoms with Gasteiger partial charge in [0, 0.05) is 18.0 Å². The SMILES string of the molecule is COc1cccc(Cc2cc(OC)c(C[C@@H](C)N)cc2OC)c1. The second-order valence-corrected chi connectivity index (χ2v) is 5.69. The van der Waals surface area contributed by atoms with Gasteiger partial charge in [-0.15, -0.1) is 0 Å². The van der Waals surface area contributed by atoms with Crippen molar-refractivity contribution in [2.75, 3.05) is 21.3 Å². The average Bonchev–Trinajstić information content (AvgIpc) is 2.55. The summed E-state index contributed by atoms with van der Waals surface area (Å²) in [4.78, 5) is 0. The third-order valence-electron chi connectivity index (χ3n) is 3.75. The molecule has 0 saturated carbocycles. The molecule has 0 unspecified atom stereocenters. The molecule has 0 saturated heterocycles. The highest BCUT2D eigenvalue weighted by Gasteiger charge is 2.13. The zero-order valence-electron chi connectivity index (χ0n) is 14.3. The molecule has 4 heteroatoms. The van der Waals surface area contributed by atoms with Crippen LogP contribution in [0.5, 0.6) is 17.2 Å². The topological polar surface area (TPSA) is 53.7 Å². The molecule has 0 aromatic heterocycles. The lowest BCUT2D eigenvalue weighted by Gasteiger charge is -2.16. The molecule has 0 fully saturated rings. The lowest BCUT2D eigenvalue weighted by atomic mass is 9.98. The van der Waals surface area contributed by atoms with Gasteiger partial charge in [-0.2, -0.15) is 0 Å². The number of methoxy groups -OCH3 is 3. The zero-order valence-corrected chi connectivity index (χ0v) is 14.3. The highest BCUT2D eigenvalue weighted by molar-refractivity contribution is 5.49. The summed E-state index contributed by atoms with van der Waals surface area (Å²) >= 11 is 0. The minimum atomic E-state index is 0.0674. The van der Waals surface area contributed by atoms with Gasteiger partial charge in [-0.25, -0.2) is 0 Å². The third kappa shape index (κ3) is 4.39. The third-order valence-corrected chi connectivity index (χ3v) is 3.75. The molecule has 0 amide bonds. The molecular formula is C19H25NO3. The Morgan fingerprint density at radius 2 is 1.57 bits per heavy atom. The van der Waals surface area contributed by atoms with Gasteiger partial charge in [0.25, 0.3) is 0 Å². The van der Waals surface area contributed by atoms with Gasteiger partial charge in [0.15, 0.2) is 0 Å². The summed E-state index contributed by atoms with van der Waals surface area (Å²) in [5.74, 6) is 2.55. The van der Waals surface area contributed by atoms with Crippen LogP contribution in [0.1, 0.15) is 23.6 Å². The maximum atomic E-state index is 5.92. The molecular weight excluding hydrogens is 290 g/mol. The highest BCUT2D eigenvalue weighted by atomic mass is 16.5. The molecule has 2 aromatic carbocycles. The molecule has 4 nitrogen and oxygen atoms in total. The van der Waals surface area contributed by atoms with Gasteiger partial charge in [0.1, 0.15) is 17.2 Å². The van der Waals surface area contributed by atoms with E-state index in [9.17, 15) is 0 Å². The molecule has 0 bridgehead atoms. The maximum absolute atomic E-state index is 5.92. The van der Waals surface area contributed by atoms with E-state index in [0.29, 0.717) is 0 Å². The molecule has 0 aliphatic heterocycles. The first-order valence-corrected chi connectivity index (χ1v) is 7.69. The number of hydrogen-bond donors (Lipinski definition) is 1. The predicted octanol–water partition coefficient (Wildman–Crippen LogP) is 3.19. The summed E-state index contributed by atoms with van der Waals surface area (Å²) < 4.78 is 16.4. The van der Waals surface area contributed by atoms with E-state index < -0.39 is 0 Å². The quantitative estimate of drug-likeness (QED) is 0.852. The van der Waals surface area contributed by atoms with E-state index in [1.54, 1.807) is 21.3 Å². The standard InChI is InChI=1S/C19H25NO3/c1-13(20)8-15-11-19(23-4)16(12-18(15)22-3)9-14-6-5-7-17(10-14)21-2/h5-7,10-13H,8-9,20H2,1-4H3/t13-/m1/s1. The summed E-state index contributed by atoms with van der Waals surface area (Å²) in [5, 5.41) is 0. The molecule has 0 spiro atoms. The molecule has 2 N–H and O–H groups in total. The molecule has 2 aromatic rings. The van der Waals surface area contributed by atoms with E-state index in [-0.39, 0.29) is 6.04 Å². The number of hydrogen-bond acceptors (Lipinski definition) is 4. The molecule has 0 aliphatic carbocycles. The number of nitrogens with two attached hydrogens (primary N) is 1. The fourth-order valence-electron chi connectivity index (χ4n) is 2.67. The minimum Gasteiger partial charge on any atom is -0.497 e. The monoisotopic (exact) mass is 315 g/mol. The van der Waals surface area contributed by atoms with E-state index >= 15 is 0 Å². The first-order chi connectivity index (χ1) is 11.1. The van der Waals surface area contributed by atoms with Crippen LogP contribution in [0.3, 0.4) is 0 Å². The van der Waals surface area contributed by atoms with E-state index in [0.717, 1.165) is 46.8 Å². The van der Waals surface area contributed by atoms with Crippen LogP contribution in [0.2, 0.25) is 0 Å². The Morgan fingerprint density at radius 3 is 2.17 bits per heavy atom. The largest absolute Gasteiger partial charge is 0.497 e. The lowest BCUT2D eigenvalue weighted by Crippen LogP contribution is -2.18. The summed E-state index contributed by atoms with van der Waals surface area (Å²) in [6, 6.07) is 12.2. The van der Waals surface area contributed by atoms with Crippen molar-refractivity contribution in [2.45, 2.75) is 25.8 Å². The van der Waals surface area contributed by atoms with E-state index in [1.807, 2.05) is 37.3 Å². The van der Waals surface area contributed by atoms with Gasteiger partial charge < -0.3 is 19.9 Å². The fourth-order valence-corrected chi connectivity index (χ4v) is 2.67. The molecule has 124 valence electrons. The van der Waals surface area contributed by atoms with Crippen LogP contribution >= 0.6 is 0 Å². The Hall–Kier alpha value is -2.20. The van der Waals surface area contributed by atoms with E-state index in [4.69, 9.17) is 19.9 Å². The molecule has 0 heterocycles. The highest BCUT2D eigenvalue weighted by Crippen LogP contribution is 2.31. The second-order valence-electron chi connectivity index (χ2n) is 5.69. The predicted molar refractivity (Wildman–Crippen MR) is 92.7 cm³/mol. The van der Waals surface area contributed by atoms with E-state index in [1.165, 1.54) is 0 Å². The molecule has 2 rings (SSSR count). The van der Waals surface area contributed by atoms with Crippen molar-refractivity contribution >= 4 is 0 Å². The van der Waals surface area contributed by atoms with Crippen molar-refractivity contribution in [1.82, 2.24) is 0 Å². The van der Waals surface area contributed by atoms with Crippen LogP contribution < -0.4 is 19.9 Å². The Balaban J connectivity index is 2.36. The van der Waals surface area contributed by atoms with Gasteiger partial charge in [0.2, 0.25) is 0 Å². The number of benzene rings is 2. The van der Waals surface area contributed by atoms with Crippen LogP contribution in [0.25, 0.3) is 0 Å². The fraction of sp³-hybridized carbons (Fsp3) is 0.368. The van der Waals surface area contributed by atoms with Gasteiger partial charge in [0.05, 0.1) is 21.3 Å². The van der Waals surface area contributed by atoms with Crippen molar-refractivity contribution in [3.8, 4) is 17.2 Å². The van der Waals surface area contributed by atoms with Crippen molar-refractivity contribution in [3.63, 3.8) is 0 Å². The number of rotatable bonds is 7. The van der Waals surface area contributed by atoms with Crippen molar-refractivity contribution in [3.05, 3.63) is 53.1 Å². The summed E-state index contributed by atoms with van der Waals surface area (Å²) in [7, 11) is 5.04. The maximum Gasteiger partial charge on any atom is 0.122 e. The first kappa shape index (κ1) is 17.2. The second kappa shape index (κ2) is 7.88. The van der Waals surface area contributed by atoms with Crippen LogP contribution in [-0.4, -0.2) is 27.4 Å². The molecule has 0 radical (unpaired) electrons. The van der Waals surface area contributed by atoms with Crippen LogP contribution in [0.4, 0.5) is 0 Å². The van der Waals surface area contributed by atoms with Crippen molar-refractivity contribution < 1.29 is 14.2 Å². The molecule has 23 heavy (non-hydrogen) atoms. The normalized spacial score (nSPS) is 11.9. The van der Waals surface area contributed by atoms with Crippen LogP contribution in [0, 0.1) is 0 Å². The molecule has 0 aliphatic rings. The summed E-state index contributed by atoms with van der Waals surface area (Å²) in [5.41, 5.74) is 9.22.